The molecule has 0 atom stereocenters. The normalized spacial score (nSPS) is 11.3. The lowest BCUT2D eigenvalue weighted by atomic mass is 10.1. The van der Waals surface area contributed by atoms with Crippen LogP contribution in [-0.4, -0.2) is 4.98 Å². The molecular formula is C11H13N. The molecule has 0 bridgehead atoms. The third-order valence-electron chi connectivity index (χ3n) is 1.76. The van der Waals surface area contributed by atoms with E-state index in [2.05, 4.69) is 17.6 Å². The Morgan fingerprint density at radius 2 is 2.33 bits per heavy atom. The second-order valence-corrected chi connectivity index (χ2v) is 2.63. The third-order valence-corrected chi connectivity index (χ3v) is 1.76. The van der Waals surface area contributed by atoms with Crippen LogP contribution in [0.2, 0.25) is 0 Å². The summed E-state index contributed by atoms with van der Waals surface area (Å²) in [6.07, 6.45) is 5.72. The molecule has 0 amide bonds. The smallest absolute Gasteiger partial charge is 0.0378 e. The highest BCUT2D eigenvalue weighted by Gasteiger charge is 1.95. The quantitative estimate of drug-likeness (QED) is 0.604. The van der Waals surface area contributed by atoms with Gasteiger partial charge in [-0.05, 0) is 37.1 Å². The molecule has 0 fully saturated rings. The second kappa shape index (κ2) is 3.86. The fourth-order valence-corrected chi connectivity index (χ4v) is 1.13. The lowest BCUT2D eigenvalue weighted by Crippen LogP contribution is -1.84. The highest BCUT2D eigenvalue weighted by molar-refractivity contribution is 5.73. The summed E-state index contributed by atoms with van der Waals surface area (Å²) in [7, 11) is 0. The monoisotopic (exact) mass is 159 g/mol. The maximum atomic E-state index is 4.13. The highest BCUT2D eigenvalue weighted by Crippen LogP contribution is 2.14. The average Bonchev–Trinajstić information content (AvgIpc) is 2.07. The van der Waals surface area contributed by atoms with Gasteiger partial charge >= 0.3 is 0 Å². The molecule has 0 radical (unpaired) electrons. The van der Waals surface area contributed by atoms with Crippen LogP contribution in [0, 0.1) is 6.92 Å². The summed E-state index contributed by atoms with van der Waals surface area (Å²) in [6, 6.07) is 4.04. The summed E-state index contributed by atoms with van der Waals surface area (Å²) in [4.78, 5) is 4.13. The van der Waals surface area contributed by atoms with Gasteiger partial charge in [-0.3, -0.25) is 4.98 Å². The van der Waals surface area contributed by atoms with Crippen molar-refractivity contribution in [2.75, 3.05) is 0 Å². The Morgan fingerprint density at radius 1 is 1.58 bits per heavy atom. The van der Waals surface area contributed by atoms with Crippen LogP contribution in [0.1, 0.15) is 18.2 Å². The van der Waals surface area contributed by atoms with Gasteiger partial charge in [0.25, 0.3) is 0 Å². The Hall–Kier alpha value is -1.37. The molecule has 0 aliphatic carbocycles. The van der Waals surface area contributed by atoms with Crippen molar-refractivity contribution >= 4 is 5.57 Å². The van der Waals surface area contributed by atoms with Gasteiger partial charge in [-0.25, -0.2) is 0 Å². The molecule has 1 aromatic heterocycles. The predicted molar refractivity (Wildman–Crippen MR) is 52.8 cm³/mol. The van der Waals surface area contributed by atoms with E-state index in [0.29, 0.717) is 0 Å². The molecule has 0 saturated carbocycles. The maximum Gasteiger partial charge on any atom is 0.0378 e. The number of aromatic nitrogens is 1. The number of hydrogen-bond acceptors (Lipinski definition) is 1. The fourth-order valence-electron chi connectivity index (χ4n) is 1.13. The van der Waals surface area contributed by atoms with Crippen molar-refractivity contribution in [1.82, 2.24) is 4.98 Å². The Labute approximate surface area is 73.5 Å². The van der Waals surface area contributed by atoms with E-state index in [1.165, 1.54) is 5.56 Å². The number of hydrogen-bond donors (Lipinski definition) is 0. The Bertz CT molecular complexity index is 311. The van der Waals surface area contributed by atoms with Gasteiger partial charge in [-0.15, -0.1) is 0 Å². The molecular weight excluding hydrogens is 146 g/mol. The predicted octanol–water partition coefficient (Wildman–Crippen LogP) is 2.98. The standard InChI is InChI=1S/C11H13N/c1-4-10(5-2)11-6-7-12-9(3)8-11/h4-8H,1H2,2-3H3/b10-5+. The summed E-state index contributed by atoms with van der Waals surface area (Å²) in [6.45, 7) is 7.74. The summed E-state index contributed by atoms with van der Waals surface area (Å²) < 4.78 is 0. The van der Waals surface area contributed by atoms with Gasteiger partial charge in [0, 0.05) is 11.9 Å². The SMILES string of the molecule is C=C/C(=C\C)c1ccnc(C)c1. The van der Waals surface area contributed by atoms with Crippen LogP contribution in [0.15, 0.2) is 37.1 Å². The van der Waals surface area contributed by atoms with Crippen molar-refractivity contribution in [3.63, 3.8) is 0 Å². The van der Waals surface area contributed by atoms with Crippen molar-refractivity contribution in [2.24, 2.45) is 0 Å². The zero-order valence-electron chi connectivity index (χ0n) is 7.54. The van der Waals surface area contributed by atoms with E-state index in [1.54, 1.807) is 0 Å². The lowest BCUT2D eigenvalue weighted by Gasteiger charge is -2.01. The molecule has 1 rings (SSSR count). The zero-order valence-corrected chi connectivity index (χ0v) is 7.54. The summed E-state index contributed by atoms with van der Waals surface area (Å²) in [5, 5.41) is 0. The van der Waals surface area contributed by atoms with Gasteiger partial charge in [-0.1, -0.05) is 18.7 Å². The van der Waals surface area contributed by atoms with E-state index < -0.39 is 0 Å². The molecule has 62 valence electrons. The largest absolute Gasteiger partial charge is 0.262 e. The third kappa shape index (κ3) is 1.82. The molecule has 0 spiro atoms. The lowest BCUT2D eigenvalue weighted by molar-refractivity contribution is 1.19. The number of pyridine rings is 1. The first kappa shape index (κ1) is 8.72. The topological polar surface area (TPSA) is 12.9 Å². The van der Waals surface area contributed by atoms with Crippen molar-refractivity contribution in [2.45, 2.75) is 13.8 Å². The molecule has 1 heteroatoms. The van der Waals surface area contributed by atoms with Crippen molar-refractivity contribution in [3.8, 4) is 0 Å². The van der Waals surface area contributed by atoms with Crippen LogP contribution < -0.4 is 0 Å². The number of allylic oxidation sites excluding steroid dienone is 3. The molecule has 1 heterocycles. The second-order valence-electron chi connectivity index (χ2n) is 2.63. The number of nitrogens with zero attached hydrogens (tertiary/aromatic N) is 1. The maximum absolute atomic E-state index is 4.13. The molecule has 0 unspecified atom stereocenters. The van der Waals surface area contributed by atoms with Crippen molar-refractivity contribution in [1.29, 1.82) is 0 Å². The van der Waals surface area contributed by atoms with Crippen molar-refractivity contribution in [3.05, 3.63) is 48.3 Å². The highest BCUT2D eigenvalue weighted by atomic mass is 14.6. The zero-order chi connectivity index (χ0) is 8.97. The van der Waals surface area contributed by atoms with Gasteiger partial charge in [0.2, 0.25) is 0 Å². The first-order chi connectivity index (χ1) is 5.77. The molecule has 0 aliphatic heterocycles. The Balaban J connectivity index is 3.10. The average molecular weight is 159 g/mol. The van der Waals surface area contributed by atoms with E-state index in [9.17, 15) is 0 Å². The van der Waals surface area contributed by atoms with E-state index in [4.69, 9.17) is 0 Å². The fraction of sp³-hybridized carbons (Fsp3) is 0.182. The minimum atomic E-state index is 1.04. The molecule has 0 aromatic carbocycles. The van der Waals surface area contributed by atoms with E-state index in [0.717, 1.165) is 11.3 Å². The Morgan fingerprint density at radius 3 is 2.83 bits per heavy atom. The molecule has 0 saturated heterocycles. The van der Waals surface area contributed by atoms with Crippen LogP contribution in [0.5, 0.6) is 0 Å². The number of rotatable bonds is 2. The van der Waals surface area contributed by atoms with Gasteiger partial charge < -0.3 is 0 Å². The van der Waals surface area contributed by atoms with E-state index in [-0.39, 0.29) is 0 Å². The molecule has 0 N–H and O–H groups in total. The van der Waals surface area contributed by atoms with Crippen LogP contribution >= 0.6 is 0 Å². The van der Waals surface area contributed by atoms with Crippen LogP contribution in [0.25, 0.3) is 5.57 Å². The van der Waals surface area contributed by atoms with Gasteiger partial charge in [0.1, 0.15) is 0 Å². The Kier molecular flexibility index (Phi) is 2.81. The van der Waals surface area contributed by atoms with Gasteiger partial charge in [0.15, 0.2) is 0 Å². The molecule has 12 heavy (non-hydrogen) atoms. The van der Waals surface area contributed by atoms with Crippen LogP contribution in [0.4, 0.5) is 0 Å². The summed E-state index contributed by atoms with van der Waals surface area (Å²) in [5.41, 5.74) is 3.37. The van der Waals surface area contributed by atoms with Crippen LogP contribution in [-0.2, 0) is 0 Å². The number of aryl methyl sites for hydroxylation is 1. The summed E-state index contributed by atoms with van der Waals surface area (Å²) >= 11 is 0. The van der Waals surface area contributed by atoms with Crippen LogP contribution in [0.3, 0.4) is 0 Å². The minimum Gasteiger partial charge on any atom is -0.262 e. The van der Waals surface area contributed by atoms with Crippen molar-refractivity contribution < 1.29 is 0 Å². The summed E-state index contributed by atoms with van der Waals surface area (Å²) in [5.74, 6) is 0. The van der Waals surface area contributed by atoms with E-state index in [1.807, 2.05) is 38.3 Å². The molecule has 0 aliphatic rings. The van der Waals surface area contributed by atoms with E-state index >= 15 is 0 Å². The molecule has 1 aromatic rings. The first-order valence-electron chi connectivity index (χ1n) is 3.99. The minimum absolute atomic E-state index is 1.04. The van der Waals surface area contributed by atoms with Gasteiger partial charge in [-0.2, -0.15) is 0 Å². The molecule has 1 nitrogen and oxygen atoms in total. The van der Waals surface area contributed by atoms with Gasteiger partial charge in [0.05, 0.1) is 0 Å². The first-order valence-corrected chi connectivity index (χ1v) is 3.99.